The quantitative estimate of drug-likeness (QED) is 0.888. The van der Waals surface area contributed by atoms with Gasteiger partial charge in [-0.3, -0.25) is 5.10 Å². The maximum atomic E-state index is 12.6. The number of amides is 2. The molecule has 0 radical (unpaired) electrons. The summed E-state index contributed by atoms with van der Waals surface area (Å²) in [6.45, 7) is 1.18. The highest BCUT2D eigenvalue weighted by atomic mass is 35.5. The number of methoxy groups -OCH3 is 1. The van der Waals surface area contributed by atoms with Crippen molar-refractivity contribution < 1.29 is 9.53 Å². The number of hydrogen-bond donors (Lipinski definition) is 2. The van der Waals surface area contributed by atoms with Gasteiger partial charge in [0, 0.05) is 24.8 Å². The first-order valence-corrected chi connectivity index (χ1v) is 8.42. The third-order valence-electron chi connectivity index (χ3n) is 4.33. The maximum absolute atomic E-state index is 12.6. The molecule has 24 heavy (non-hydrogen) atoms. The zero-order chi connectivity index (χ0) is 16.9. The lowest BCUT2D eigenvalue weighted by Gasteiger charge is -2.35. The number of halogens is 1. The van der Waals surface area contributed by atoms with Crippen molar-refractivity contribution >= 4 is 17.6 Å². The molecule has 3 rings (SSSR count). The molecule has 1 aliphatic rings. The Morgan fingerprint density at radius 3 is 3.08 bits per heavy atom. The number of hydrogen-bond acceptors (Lipinski definition) is 3. The van der Waals surface area contributed by atoms with Crippen molar-refractivity contribution in [2.45, 2.75) is 31.8 Å². The molecule has 128 valence electrons. The van der Waals surface area contributed by atoms with Gasteiger partial charge in [-0.25, -0.2) is 4.79 Å². The highest BCUT2D eigenvalue weighted by Gasteiger charge is 2.28. The molecule has 1 saturated heterocycles. The molecule has 0 bridgehead atoms. The Labute approximate surface area is 146 Å². The topological polar surface area (TPSA) is 70.2 Å². The van der Waals surface area contributed by atoms with Gasteiger partial charge in [-0.05, 0) is 37.0 Å². The second-order valence-corrected chi connectivity index (χ2v) is 6.27. The molecule has 1 unspecified atom stereocenters. The summed E-state index contributed by atoms with van der Waals surface area (Å²) in [5, 5.41) is 10.3. The highest BCUT2D eigenvalue weighted by molar-refractivity contribution is 6.32. The first-order chi connectivity index (χ1) is 11.7. The number of aromatic amines is 1. The van der Waals surface area contributed by atoms with Crippen molar-refractivity contribution in [2.24, 2.45) is 0 Å². The average molecular weight is 349 g/mol. The first kappa shape index (κ1) is 16.6. The summed E-state index contributed by atoms with van der Waals surface area (Å²) >= 11 is 6.13. The van der Waals surface area contributed by atoms with Gasteiger partial charge in [-0.2, -0.15) is 5.10 Å². The van der Waals surface area contributed by atoms with Crippen LogP contribution < -0.4 is 10.1 Å². The number of carbonyl (C=O) groups is 1. The molecule has 1 fully saturated rings. The lowest BCUT2D eigenvalue weighted by Crippen LogP contribution is -2.44. The minimum absolute atomic E-state index is 0.0622. The molecule has 6 nitrogen and oxygen atoms in total. The summed E-state index contributed by atoms with van der Waals surface area (Å²) in [5.41, 5.74) is 1.99. The largest absolute Gasteiger partial charge is 0.495 e. The molecular formula is C17H21ClN4O2. The van der Waals surface area contributed by atoms with Crippen LogP contribution in [0.25, 0.3) is 0 Å². The molecule has 1 aliphatic heterocycles. The molecule has 2 aromatic rings. The number of ether oxygens (including phenoxy) is 1. The van der Waals surface area contributed by atoms with Gasteiger partial charge in [0.25, 0.3) is 0 Å². The van der Waals surface area contributed by atoms with E-state index in [1.165, 1.54) is 0 Å². The van der Waals surface area contributed by atoms with Crippen molar-refractivity contribution in [1.82, 2.24) is 20.4 Å². The summed E-state index contributed by atoms with van der Waals surface area (Å²) in [6, 6.07) is 5.53. The van der Waals surface area contributed by atoms with Crippen LogP contribution in [-0.4, -0.2) is 34.8 Å². The fourth-order valence-electron chi connectivity index (χ4n) is 3.06. The minimum Gasteiger partial charge on any atom is -0.495 e. The lowest BCUT2D eigenvalue weighted by atomic mass is 9.98. The second kappa shape index (κ2) is 7.57. The van der Waals surface area contributed by atoms with Gasteiger partial charge in [0.15, 0.2) is 0 Å². The van der Waals surface area contributed by atoms with E-state index in [9.17, 15) is 4.79 Å². The van der Waals surface area contributed by atoms with Crippen LogP contribution in [-0.2, 0) is 6.54 Å². The molecule has 1 aromatic heterocycles. The molecule has 0 saturated carbocycles. The van der Waals surface area contributed by atoms with E-state index >= 15 is 0 Å². The number of piperidine rings is 1. The van der Waals surface area contributed by atoms with Crippen molar-refractivity contribution in [3.8, 4) is 5.75 Å². The Kier molecular flexibility index (Phi) is 5.25. The second-order valence-electron chi connectivity index (χ2n) is 5.86. The molecule has 1 atom stereocenters. The normalized spacial score (nSPS) is 17.6. The van der Waals surface area contributed by atoms with E-state index < -0.39 is 0 Å². The number of likely N-dealkylation sites (tertiary alicyclic amines) is 1. The molecule has 2 N–H and O–H groups in total. The molecule has 0 spiro atoms. The number of H-pyrrole nitrogens is 1. The van der Waals surface area contributed by atoms with Crippen LogP contribution in [0.2, 0.25) is 5.02 Å². The van der Waals surface area contributed by atoms with Gasteiger partial charge in [0.2, 0.25) is 0 Å². The monoisotopic (exact) mass is 348 g/mol. The number of rotatable bonds is 4. The maximum Gasteiger partial charge on any atom is 0.318 e. The Balaban J connectivity index is 1.64. The van der Waals surface area contributed by atoms with Crippen molar-refractivity contribution in [3.05, 3.63) is 46.7 Å². The molecule has 2 heterocycles. The Hall–Kier alpha value is -2.21. The minimum atomic E-state index is -0.0622. The zero-order valence-electron chi connectivity index (χ0n) is 13.6. The number of benzene rings is 1. The van der Waals surface area contributed by atoms with Crippen LogP contribution >= 0.6 is 11.6 Å². The summed E-state index contributed by atoms with van der Waals surface area (Å²) in [6.07, 6.45) is 6.75. The van der Waals surface area contributed by atoms with Gasteiger partial charge < -0.3 is 15.0 Å². The van der Waals surface area contributed by atoms with E-state index in [0.29, 0.717) is 17.3 Å². The Morgan fingerprint density at radius 1 is 1.50 bits per heavy atom. The number of carbonyl (C=O) groups excluding carboxylic acids is 1. The van der Waals surface area contributed by atoms with Crippen LogP contribution in [0.1, 0.15) is 36.4 Å². The fourth-order valence-corrected chi connectivity index (χ4v) is 3.34. The van der Waals surface area contributed by atoms with E-state index in [1.807, 2.05) is 23.2 Å². The van der Waals surface area contributed by atoms with E-state index in [4.69, 9.17) is 16.3 Å². The summed E-state index contributed by atoms with van der Waals surface area (Å²) in [4.78, 5) is 14.5. The van der Waals surface area contributed by atoms with Gasteiger partial charge in [0.1, 0.15) is 5.75 Å². The SMILES string of the molecule is COc1ccc(CNC(=O)N2CCCCC2c2cn[nH]c2)cc1Cl. The van der Waals surface area contributed by atoms with Crippen molar-refractivity contribution in [3.63, 3.8) is 0 Å². The number of aromatic nitrogens is 2. The smallest absolute Gasteiger partial charge is 0.318 e. The number of urea groups is 1. The molecule has 1 aromatic carbocycles. The van der Waals surface area contributed by atoms with Gasteiger partial charge >= 0.3 is 6.03 Å². The first-order valence-electron chi connectivity index (χ1n) is 8.04. The van der Waals surface area contributed by atoms with Crippen LogP contribution in [0.5, 0.6) is 5.75 Å². The van der Waals surface area contributed by atoms with Gasteiger partial charge in [-0.15, -0.1) is 0 Å². The van der Waals surface area contributed by atoms with Gasteiger partial charge in [0.05, 0.1) is 24.4 Å². The van der Waals surface area contributed by atoms with Gasteiger partial charge in [-0.1, -0.05) is 17.7 Å². The van der Waals surface area contributed by atoms with Crippen molar-refractivity contribution in [1.29, 1.82) is 0 Å². The van der Waals surface area contributed by atoms with E-state index in [0.717, 1.165) is 36.9 Å². The van der Waals surface area contributed by atoms with Crippen LogP contribution in [0, 0.1) is 0 Å². The number of nitrogens with one attached hydrogen (secondary N) is 2. The predicted octanol–water partition coefficient (Wildman–Crippen LogP) is 3.51. The average Bonchev–Trinajstić information content (AvgIpc) is 3.14. The summed E-state index contributed by atoms with van der Waals surface area (Å²) in [5.74, 6) is 0.628. The van der Waals surface area contributed by atoms with E-state index in [-0.39, 0.29) is 12.1 Å². The molecule has 7 heteroatoms. The molecule has 2 amide bonds. The zero-order valence-corrected chi connectivity index (χ0v) is 14.3. The van der Waals surface area contributed by atoms with Crippen LogP contribution in [0.4, 0.5) is 4.79 Å². The van der Waals surface area contributed by atoms with Crippen molar-refractivity contribution in [2.75, 3.05) is 13.7 Å². The Morgan fingerprint density at radius 2 is 2.38 bits per heavy atom. The summed E-state index contributed by atoms with van der Waals surface area (Å²) in [7, 11) is 1.58. The molecule has 0 aliphatic carbocycles. The number of nitrogens with zero attached hydrogens (tertiary/aromatic N) is 2. The fraction of sp³-hybridized carbons (Fsp3) is 0.412. The third-order valence-corrected chi connectivity index (χ3v) is 4.62. The third kappa shape index (κ3) is 3.64. The highest BCUT2D eigenvalue weighted by Crippen LogP contribution is 2.30. The summed E-state index contributed by atoms with van der Waals surface area (Å²) < 4.78 is 5.14. The van der Waals surface area contributed by atoms with E-state index in [1.54, 1.807) is 19.4 Å². The molecular weight excluding hydrogens is 328 g/mol. The lowest BCUT2D eigenvalue weighted by molar-refractivity contribution is 0.151. The van der Waals surface area contributed by atoms with Crippen LogP contribution in [0.3, 0.4) is 0 Å². The van der Waals surface area contributed by atoms with E-state index in [2.05, 4.69) is 15.5 Å². The predicted molar refractivity (Wildman–Crippen MR) is 92.1 cm³/mol. The Bertz CT molecular complexity index is 690. The standard InChI is InChI=1S/C17H21ClN4O2/c1-24-16-6-5-12(8-14(16)18)9-19-17(23)22-7-3-2-4-15(22)13-10-20-21-11-13/h5-6,8,10-11,15H,2-4,7,9H2,1H3,(H,19,23)(H,20,21). The van der Waals surface area contributed by atoms with Crippen LogP contribution in [0.15, 0.2) is 30.6 Å².